The molecule has 0 aliphatic rings. The summed E-state index contributed by atoms with van der Waals surface area (Å²) in [6.45, 7) is 0.116. The molecule has 1 amide bonds. The molecule has 1 aromatic carbocycles. The van der Waals surface area contributed by atoms with Crippen molar-refractivity contribution in [3.05, 3.63) is 45.8 Å². The molecule has 0 bridgehead atoms. The average molecular weight is 264 g/mol. The van der Waals surface area contributed by atoms with Gasteiger partial charge in [0, 0.05) is 24.1 Å². The van der Waals surface area contributed by atoms with Gasteiger partial charge in [0.05, 0.1) is 6.10 Å². The highest BCUT2D eigenvalue weighted by molar-refractivity contribution is 5.93. The summed E-state index contributed by atoms with van der Waals surface area (Å²) >= 11 is 0. The van der Waals surface area contributed by atoms with Crippen molar-refractivity contribution in [3.8, 4) is 0 Å². The smallest absolute Gasteiger partial charge is 0.251 e. The summed E-state index contributed by atoms with van der Waals surface area (Å²) in [5.74, 6) is -0.218. The van der Waals surface area contributed by atoms with E-state index in [0.717, 1.165) is 0 Å². The first-order valence-corrected chi connectivity index (χ1v) is 5.79. The molecular formula is C12H16N4O3. The van der Waals surface area contributed by atoms with E-state index in [1.165, 1.54) is 7.05 Å². The standard InChI is InChI=1S/C12H16N4O3/c1-14-12(19)9-4-2-8(3-5-9)11(18)10(17)6-7-15-16-13/h2-5,10-11,17-18H,6-7H2,1H3,(H,14,19). The molecule has 0 saturated carbocycles. The third-order valence-electron chi connectivity index (χ3n) is 2.69. The highest BCUT2D eigenvalue weighted by Crippen LogP contribution is 2.19. The van der Waals surface area contributed by atoms with Gasteiger partial charge in [0.25, 0.3) is 5.91 Å². The van der Waals surface area contributed by atoms with E-state index in [4.69, 9.17) is 5.53 Å². The van der Waals surface area contributed by atoms with E-state index in [-0.39, 0.29) is 18.9 Å². The molecule has 2 atom stereocenters. The molecule has 0 fully saturated rings. The van der Waals surface area contributed by atoms with Crippen molar-refractivity contribution in [2.75, 3.05) is 13.6 Å². The topological polar surface area (TPSA) is 118 Å². The van der Waals surface area contributed by atoms with Gasteiger partial charge in [0.1, 0.15) is 6.10 Å². The maximum absolute atomic E-state index is 11.3. The number of hydrogen-bond acceptors (Lipinski definition) is 4. The Morgan fingerprint density at radius 3 is 2.58 bits per heavy atom. The first kappa shape index (κ1) is 15.0. The number of hydrogen-bond donors (Lipinski definition) is 3. The molecule has 0 aliphatic heterocycles. The number of nitrogens with zero attached hydrogens (tertiary/aromatic N) is 3. The van der Waals surface area contributed by atoms with Crippen LogP contribution in [-0.4, -0.2) is 35.8 Å². The van der Waals surface area contributed by atoms with Gasteiger partial charge >= 0.3 is 0 Å². The van der Waals surface area contributed by atoms with Gasteiger partial charge in [0.2, 0.25) is 0 Å². The largest absolute Gasteiger partial charge is 0.390 e. The third-order valence-corrected chi connectivity index (χ3v) is 2.69. The van der Waals surface area contributed by atoms with E-state index in [2.05, 4.69) is 15.3 Å². The number of nitrogens with one attached hydrogen (secondary N) is 1. The molecule has 7 heteroatoms. The van der Waals surface area contributed by atoms with E-state index in [1.807, 2.05) is 0 Å². The molecule has 0 aliphatic carbocycles. The Kier molecular flexibility index (Phi) is 5.81. The molecule has 7 nitrogen and oxygen atoms in total. The third kappa shape index (κ3) is 4.26. The van der Waals surface area contributed by atoms with Gasteiger partial charge in [-0.3, -0.25) is 4.79 Å². The number of aliphatic hydroxyl groups excluding tert-OH is 2. The summed E-state index contributed by atoms with van der Waals surface area (Å²) in [7, 11) is 1.53. The van der Waals surface area contributed by atoms with E-state index in [0.29, 0.717) is 11.1 Å². The van der Waals surface area contributed by atoms with Gasteiger partial charge in [-0.25, -0.2) is 0 Å². The minimum atomic E-state index is -1.08. The summed E-state index contributed by atoms with van der Waals surface area (Å²) < 4.78 is 0. The fourth-order valence-corrected chi connectivity index (χ4v) is 1.59. The Morgan fingerprint density at radius 1 is 1.42 bits per heavy atom. The lowest BCUT2D eigenvalue weighted by Gasteiger charge is -2.17. The van der Waals surface area contributed by atoms with Crippen LogP contribution in [0.5, 0.6) is 0 Å². The van der Waals surface area contributed by atoms with E-state index in [1.54, 1.807) is 24.3 Å². The van der Waals surface area contributed by atoms with Crippen molar-refractivity contribution in [1.82, 2.24) is 5.32 Å². The van der Waals surface area contributed by atoms with Crippen LogP contribution in [0.3, 0.4) is 0 Å². The van der Waals surface area contributed by atoms with Crippen molar-refractivity contribution >= 4 is 5.91 Å². The molecule has 102 valence electrons. The monoisotopic (exact) mass is 264 g/mol. The molecule has 19 heavy (non-hydrogen) atoms. The number of carbonyl (C=O) groups excluding carboxylic acids is 1. The summed E-state index contributed by atoms with van der Waals surface area (Å²) in [6, 6.07) is 6.28. The highest BCUT2D eigenvalue weighted by Gasteiger charge is 2.18. The lowest BCUT2D eigenvalue weighted by Crippen LogP contribution is -2.20. The van der Waals surface area contributed by atoms with E-state index in [9.17, 15) is 15.0 Å². The van der Waals surface area contributed by atoms with Crippen molar-refractivity contribution < 1.29 is 15.0 Å². The number of rotatable bonds is 6. The number of carbonyl (C=O) groups is 1. The molecule has 0 heterocycles. The summed E-state index contributed by atoms with van der Waals surface area (Å²) in [5.41, 5.74) is 9.09. The summed E-state index contributed by atoms with van der Waals surface area (Å²) in [4.78, 5) is 13.9. The second-order valence-corrected chi connectivity index (χ2v) is 3.96. The van der Waals surface area contributed by atoms with Crippen LogP contribution in [0, 0.1) is 0 Å². The maximum Gasteiger partial charge on any atom is 0.251 e. The Morgan fingerprint density at radius 2 is 2.05 bits per heavy atom. The van der Waals surface area contributed by atoms with Gasteiger partial charge < -0.3 is 15.5 Å². The molecule has 0 saturated heterocycles. The van der Waals surface area contributed by atoms with Crippen LogP contribution in [0.1, 0.15) is 28.4 Å². The molecule has 0 radical (unpaired) electrons. The van der Waals surface area contributed by atoms with E-state index >= 15 is 0 Å². The number of benzene rings is 1. The second kappa shape index (κ2) is 7.38. The lowest BCUT2D eigenvalue weighted by molar-refractivity contribution is 0.0150. The zero-order valence-corrected chi connectivity index (χ0v) is 10.5. The van der Waals surface area contributed by atoms with Crippen LogP contribution in [0.15, 0.2) is 29.4 Å². The summed E-state index contributed by atoms with van der Waals surface area (Å²) in [5, 5.41) is 25.4. The predicted molar refractivity (Wildman–Crippen MR) is 69.4 cm³/mol. The average Bonchev–Trinajstić information content (AvgIpc) is 2.46. The van der Waals surface area contributed by atoms with Crippen molar-refractivity contribution in [1.29, 1.82) is 0 Å². The van der Waals surface area contributed by atoms with Gasteiger partial charge in [-0.2, -0.15) is 0 Å². The van der Waals surface area contributed by atoms with Crippen molar-refractivity contribution in [3.63, 3.8) is 0 Å². The molecule has 1 rings (SSSR count). The number of amides is 1. The maximum atomic E-state index is 11.3. The van der Waals surface area contributed by atoms with Gasteiger partial charge in [-0.05, 0) is 29.6 Å². The normalized spacial score (nSPS) is 13.2. The lowest BCUT2D eigenvalue weighted by atomic mass is 10.0. The molecule has 0 spiro atoms. The number of aliphatic hydroxyl groups is 2. The SMILES string of the molecule is CNC(=O)c1ccc(C(O)C(O)CCN=[N+]=[N-])cc1. The fraction of sp³-hybridized carbons (Fsp3) is 0.417. The Balaban J connectivity index is 2.68. The van der Waals surface area contributed by atoms with Crippen molar-refractivity contribution in [2.45, 2.75) is 18.6 Å². The van der Waals surface area contributed by atoms with Crippen LogP contribution in [0.25, 0.3) is 10.4 Å². The van der Waals surface area contributed by atoms with Gasteiger partial charge in [-0.1, -0.05) is 17.2 Å². The zero-order valence-electron chi connectivity index (χ0n) is 10.5. The van der Waals surface area contributed by atoms with E-state index < -0.39 is 12.2 Å². The van der Waals surface area contributed by atoms with Crippen molar-refractivity contribution in [2.24, 2.45) is 5.11 Å². The molecule has 2 unspecified atom stereocenters. The van der Waals surface area contributed by atoms with Gasteiger partial charge in [-0.15, -0.1) is 0 Å². The second-order valence-electron chi connectivity index (χ2n) is 3.96. The zero-order chi connectivity index (χ0) is 14.3. The molecule has 1 aromatic rings. The first-order valence-electron chi connectivity index (χ1n) is 5.79. The van der Waals surface area contributed by atoms with Crippen LogP contribution in [0.2, 0.25) is 0 Å². The summed E-state index contributed by atoms with van der Waals surface area (Å²) in [6.07, 6.45) is -1.92. The van der Waals surface area contributed by atoms with Crippen LogP contribution in [-0.2, 0) is 0 Å². The quantitative estimate of drug-likeness (QED) is 0.406. The molecule has 0 aromatic heterocycles. The Hall–Kier alpha value is -2.08. The Bertz CT molecular complexity index is 468. The highest BCUT2D eigenvalue weighted by atomic mass is 16.3. The van der Waals surface area contributed by atoms with Crippen LogP contribution in [0.4, 0.5) is 0 Å². The fourth-order valence-electron chi connectivity index (χ4n) is 1.59. The predicted octanol–water partition coefficient (Wildman–Crippen LogP) is 1.14. The Labute approximate surface area is 110 Å². The minimum absolute atomic E-state index is 0.116. The van der Waals surface area contributed by atoms with Crippen LogP contribution < -0.4 is 5.32 Å². The first-order chi connectivity index (χ1) is 9.10. The van der Waals surface area contributed by atoms with Gasteiger partial charge in [0.15, 0.2) is 0 Å². The van der Waals surface area contributed by atoms with Crippen LogP contribution >= 0.6 is 0 Å². The molecule has 3 N–H and O–H groups in total. The minimum Gasteiger partial charge on any atom is -0.390 e. The molecular weight excluding hydrogens is 248 g/mol. The number of azide groups is 1.